The van der Waals surface area contributed by atoms with Gasteiger partial charge in [0.05, 0.1) is 12.6 Å². The summed E-state index contributed by atoms with van der Waals surface area (Å²) in [6.45, 7) is -1.42. The minimum absolute atomic E-state index is 0.155. The lowest BCUT2D eigenvalue weighted by Gasteiger charge is -2.14. The fraction of sp³-hybridized carbons (Fsp3) is 0.286. The van der Waals surface area contributed by atoms with Gasteiger partial charge < -0.3 is 10.5 Å². The summed E-state index contributed by atoms with van der Waals surface area (Å²) in [4.78, 5) is 0. The van der Waals surface area contributed by atoms with Crippen LogP contribution in [-0.4, -0.2) is 19.4 Å². The van der Waals surface area contributed by atoms with E-state index < -0.39 is 18.8 Å². The van der Waals surface area contributed by atoms with E-state index in [0.29, 0.717) is 0 Å². The zero-order valence-electron chi connectivity index (χ0n) is 10.2. The van der Waals surface area contributed by atoms with Crippen molar-refractivity contribution in [3.63, 3.8) is 0 Å². The third-order valence-corrected chi connectivity index (χ3v) is 2.76. The second kappa shape index (κ2) is 5.59. The number of hydrogen-bond acceptors (Lipinski definition) is 2. The molecule has 5 heteroatoms. The van der Waals surface area contributed by atoms with E-state index in [9.17, 15) is 13.2 Å². The van der Waals surface area contributed by atoms with Crippen molar-refractivity contribution in [2.45, 2.75) is 12.2 Å². The number of hydrogen-bond donors (Lipinski definition) is 1. The predicted molar refractivity (Wildman–Crippen MR) is 67.8 cm³/mol. The van der Waals surface area contributed by atoms with Crippen LogP contribution >= 0.6 is 0 Å². The first kappa shape index (κ1) is 13.8. The molecule has 2 rings (SSSR count). The normalized spacial score (nSPS) is 13.7. The summed E-state index contributed by atoms with van der Waals surface area (Å²) >= 11 is 0. The largest absolute Gasteiger partial charge is 0.411 e. The zero-order valence-corrected chi connectivity index (χ0v) is 10.2. The van der Waals surface area contributed by atoms with Crippen molar-refractivity contribution in [3.8, 4) is 0 Å². The molecule has 0 saturated carbocycles. The molecule has 0 heterocycles. The summed E-state index contributed by atoms with van der Waals surface area (Å²) in [6.07, 6.45) is -4.32. The highest BCUT2D eigenvalue weighted by atomic mass is 19.4. The van der Waals surface area contributed by atoms with E-state index in [1.807, 2.05) is 42.5 Å². The molecule has 0 aromatic heterocycles. The Morgan fingerprint density at radius 1 is 1.05 bits per heavy atom. The molecule has 1 atom stereocenters. The average molecular weight is 269 g/mol. The van der Waals surface area contributed by atoms with E-state index in [0.717, 1.165) is 16.3 Å². The predicted octanol–water partition coefficient (Wildman–Crippen LogP) is 3.42. The highest BCUT2D eigenvalue weighted by Gasteiger charge is 2.27. The van der Waals surface area contributed by atoms with Crippen LogP contribution in [0, 0.1) is 0 Å². The molecule has 2 aromatic carbocycles. The number of ether oxygens (including phenoxy) is 1. The first-order chi connectivity index (χ1) is 8.96. The van der Waals surface area contributed by atoms with Gasteiger partial charge in [-0.05, 0) is 22.4 Å². The number of halogens is 3. The second-order valence-electron chi connectivity index (χ2n) is 4.34. The molecule has 1 unspecified atom stereocenters. The molecule has 0 aliphatic heterocycles. The lowest BCUT2D eigenvalue weighted by Crippen LogP contribution is -2.23. The monoisotopic (exact) mass is 269 g/mol. The van der Waals surface area contributed by atoms with Crippen molar-refractivity contribution in [2.75, 3.05) is 13.2 Å². The summed E-state index contributed by atoms with van der Waals surface area (Å²) in [5, 5.41) is 2.07. The minimum atomic E-state index is -4.32. The van der Waals surface area contributed by atoms with Crippen molar-refractivity contribution < 1.29 is 17.9 Å². The summed E-state index contributed by atoms with van der Waals surface area (Å²) in [5.74, 6) is 0. The van der Waals surface area contributed by atoms with Crippen LogP contribution in [0.5, 0.6) is 0 Å². The van der Waals surface area contributed by atoms with Crippen molar-refractivity contribution in [2.24, 2.45) is 5.73 Å². The Morgan fingerprint density at radius 2 is 1.74 bits per heavy atom. The van der Waals surface area contributed by atoms with Gasteiger partial charge in [0, 0.05) is 0 Å². The van der Waals surface area contributed by atoms with Crippen molar-refractivity contribution in [1.82, 2.24) is 0 Å². The fourth-order valence-corrected chi connectivity index (χ4v) is 1.84. The molecule has 2 aromatic rings. The van der Waals surface area contributed by atoms with Crippen molar-refractivity contribution in [3.05, 3.63) is 48.0 Å². The number of alkyl halides is 3. The Labute approximate surface area is 109 Å². The molecule has 0 radical (unpaired) electrons. The number of nitrogens with two attached hydrogens (primary N) is 1. The van der Waals surface area contributed by atoms with Crippen LogP contribution in [0.2, 0.25) is 0 Å². The molecule has 0 aliphatic carbocycles. The summed E-state index contributed by atoms with van der Waals surface area (Å²) < 4.78 is 40.4. The van der Waals surface area contributed by atoms with Crippen LogP contribution < -0.4 is 5.73 Å². The third-order valence-electron chi connectivity index (χ3n) is 2.76. The van der Waals surface area contributed by atoms with E-state index in [1.165, 1.54) is 0 Å². The molecule has 0 aliphatic rings. The molecule has 0 saturated heterocycles. The molecule has 0 fully saturated rings. The van der Waals surface area contributed by atoms with Crippen LogP contribution in [0.25, 0.3) is 10.8 Å². The van der Waals surface area contributed by atoms with Gasteiger partial charge in [0.25, 0.3) is 0 Å². The first-order valence-electron chi connectivity index (χ1n) is 5.84. The molecule has 2 N–H and O–H groups in total. The average Bonchev–Trinajstić information content (AvgIpc) is 2.36. The van der Waals surface area contributed by atoms with Gasteiger partial charge in [-0.3, -0.25) is 0 Å². The molecule has 0 spiro atoms. The summed E-state index contributed by atoms with van der Waals surface area (Å²) in [5.41, 5.74) is 6.59. The Balaban J connectivity index is 2.03. The van der Waals surface area contributed by atoms with Crippen molar-refractivity contribution in [1.29, 1.82) is 0 Å². The second-order valence-corrected chi connectivity index (χ2v) is 4.34. The van der Waals surface area contributed by atoms with E-state index in [2.05, 4.69) is 4.74 Å². The molecule has 2 nitrogen and oxygen atoms in total. The van der Waals surface area contributed by atoms with Crippen LogP contribution in [0.4, 0.5) is 13.2 Å². The molecule has 102 valence electrons. The minimum Gasteiger partial charge on any atom is -0.370 e. The summed E-state index contributed by atoms with van der Waals surface area (Å²) in [6, 6.07) is 12.7. The zero-order chi connectivity index (χ0) is 13.9. The highest BCUT2D eigenvalue weighted by Crippen LogP contribution is 2.20. The van der Waals surface area contributed by atoms with E-state index in [1.54, 1.807) is 0 Å². The topological polar surface area (TPSA) is 35.2 Å². The molecular weight excluding hydrogens is 255 g/mol. The first-order valence-corrected chi connectivity index (χ1v) is 5.84. The maximum absolute atomic E-state index is 12.0. The number of fused-ring (bicyclic) bond motifs is 1. The van der Waals surface area contributed by atoms with Gasteiger partial charge in [0.2, 0.25) is 0 Å². The lowest BCUT2D eigenvalue weighted by molar-refractivity contribution is -0.174. The van der Waals surface area contributed by atoms with Crippen LogP contribution in [0.15, 0.2) is 42.5 Å². The van der Waals surface area contributed by atoms with E-state index in [-0.39, 0.29) is 6.61 Å². The lowest BCUT2D eigenvalue weighted by atomic mass is 10.0. The number of rotatable bonds is 4. The Hall–Kier alpha value is -1.59. The SMILES string of the molecule is NC(COCC(F)(F)F)c1ccc2ccccc2c1. The smallest absolute Gasteiger partial charge is 0.370 e. The van der Waals surface area contributed by atoms with Gasteiger partial charge in [-0.2, -0.15) is 13.2 Å². The van der Waals surface area contributed by atoms with Gasteiger partial charge >= 0.3 is 6.18 Å². The third kappa shape index (κ3) is 3.94. The highest BCUT2D eigenvalue weighted by molar-refractivity contribution is 5.83. The van der Waals surface area contributed by atoms with E-state index >= 15 is 0 Å². The Bertz CT molecular complexity index is 554. The standard InChI is InChI=1S/C14H14F3NO/c15-14(16,17)9-19-8-13(18)12-6-5-10-3-1-2-4-11(10)7-12/h1-7,13H,8-9,18H2. The van der Waals surface area contributed by atoms with Gasteiger partial charge in [0.1, 0.15) is 6.61 Å². The fourth-order valence-electron chi connectivity index (χ4n) is 1.84. The van der Waals surface area contributed by atoms with Gasteiger partial charge in [-0.15, -0.1) is 0 Å². The van der Waals surface area contributed by atoms with Crippen molar-refractivity contribution >= 4 is 10.8 Å². The maximum Gasteiger partial charge on any atom is 0.411 e. The van der Waals surface area contributed by atoms with Crippen LogP contribution in [0.1, 0.15) is 11.6 Å². The summed E-state index contributed by atoms with van der Waals surface area (Å²) in [7, 11) is 0. The van der Waals surface area contributed by atoms with Gasteiger partial charge in [0.15, 0.2) is 0 Å². The quantitative estimate of drug-likeness (QED) is 0.923. The molecular formula is C14H14F3NO. The van der Waals surface area contributed by atoms with Gasteiger partial charge in [-0.25, -0.2) is 0 Å². The number of benzene rings is 2. The molecule has 19 heavy (non-hydrogen) atoms. The van der Waals surface area contributed by atoms with Gasteiger partial charge in [-0.1, -0.05) is 36.4 Å². The van der Waals surface area contributed by atoms with Crippen LogP contribution in [0.3, 0.4) is 0 Å². The molecule has 0 amide bonds. The maximum atomic E-state index is 12.0. The van der Waals surface area contributed by atoms with Crippen LogP contribution in [-0.2, 0) is 4.74 Å². The van der Waals surface area contributed by atoms with E-state index in [4.69, 9.17) is 5.73 Å². The Kier molecular flexibility index (Phi) is 4.07. The molecule has 0 bridgehead atoms. The Morgan fingerprint density at radius 3 is 2.42 bits per heavy atom.